The van der Waals surface area contributed by atoms with Crippen molar-refractivity contribution >= 4 is 45.9 Å². The quantitative estimate of drug-likeness (QED) is 0.392. The fourth-order valence-electron chi connectivity index (χ4n) is 0. The predicted octanol–water partition coefficient (Wildman–Crippen LogP) is -0.425. The molecule has 4 heteroatoms. The fraction of sp³-hybridized carbons (Fsp3) is 0. The van der Waals surface area contributed by atoms with E-state index in [0.717, 1.165) is 0 Å². The average Bonchev–Trinajstić information content (AvgIpc) is 0. The van der Waals surface area contributed by atoms with E-state index >= 15 is 0 Å². The molecule has 0 heterocycles. The summed E-state index contributed by atoms with van der Waals surface area (Å²) in [6.07, 6.45) is 0. The van der Waals surface area contributed by atoms with Crippen molar-refractivity contribution in [2.75, 3.05) is 0 Å². The molecule has 0 aromatic carbocycles. The van der Waals surface area contributed by atoms with Crippen LogP contribution in [0.25, 0.3) is 0 Å². The van der Waals surface area contributed by atoms with Crippen LogP contribution in [0.1, 0.15) is 0 Å². The summed E-state index contributed by atoms with van der Waals surface area (Å²) < 4.78 is 0. The van der Waals surface area contributed by atoms with Gasteiger partial charge in [-0.15, -0.1) is 0 Å². The Morgan fingerprint density at radius 1 is 0.750 bits per heavy atom. The summed E-state index contributed by atoms with van der Waals surface area (Å²) >= 11 is 0. The number of hydrogen-bond donors (Lipinski definition) is 0. The zero-order chi connectivity index (χ0) is 0. The zero-order valence-electron chi connectivity index (χ0n) is 1.35. The third-order valence-corrected chi connectivity index (χ3v) is 0. The summed E-state index contributed by atoms with van der Waals surface area (Å²) in [4.78, 5) is 0. The van der Waals surface area contributed by atoms with Crippen LogP contribution in [0, 0.1) is 0 Å². The van der Waals surface area contributed by atoms with E-state index in [0.29, 0.717) is 0 Å². The Morgan fingerprint density at radius 2 is 0.750 bits per heavy atom. The predicted molar refractivity (Wildman–Crippen MR) is 27.9 cm³/mol. The Bertz CT molecular complexity index is 6.00. The Kier molecular flexibility index (Phi) is 217. The van der Waals surface area contributed by atoms with Crippen molar-refractivity contribution in [2.24, 2.45) is 0 Å². The van der Waals surface area contributed by atoms with Gasteiger partial charge in [0.2, 0.25) is 0 Å². The molecule has 0 aromatic rings. The molecule has 0 amide bonds. The molecule has 0 spiro atoms. The van der Waals surface area contributed by atoms with E-state index < -0.39 is 0 Å². The van der Waals surface area contributed by atoms with Crippen LogP contribution in [0.5, 0.6) is 0 Å². The van der Waals surface area contributed by atoms with Crippen molar-refractivity contribution < 1.29 is 17.1 Å². The van der Waals surface area contributed by atoms with Gasteiger partial charge in [-0.2, -0.15) is 27.0 Å². The van der Waals surface area contributed by atoms with Crippen LogP contribution in [-0.2, 0) is 17.1 Å². The van der Waals surface area contributed by atoms with E-state index in [9.17, 15) is 0 Å². The SMILES string of the molecule is S.S.[Fe].[LiH]. The number of hydrogen-bond acceptors (Lipinski definition) is 0. The third-order valence-electron chi connectivity index (χ3n) is 0. The molecule has 4 heavy (non-hydrogen) atoms. The van der Waals surface area contributed by atoms with Gasteiger partial charge in [-0.05, 0) is 0 Å². The standard InChI is InChI=1S/Fe.Li.2H2S.H/h;;2*1H2;. The van der Waals surface area contributed by atoms with Crippen LogP contribution in [-0.4, -0.2) is 18.9 Å². The van der Waals surface area contributed by atoms with Gasteiger partial charge in [-0.1, -0.05) is 0 Å². The molecule has 0 aliphatic heterocycles. The van der Waals surface area contributed by atoms with Gasteiger partial charge in [-0.3, -0.25) is 0 Å². The molecular weight excluding hydrogens is 127 g/mol. The zero-order valence-corrected chi connectivity index (χ0v) is 4.46. The first kappa shape index (κ1) is 40.9. The van der Waals surface area contributed by atoms with Crippen LogP contribution in [0.4, 0.5) is 0 Å². The summed E-state index contributed by atoms with van der Waals surface area (Å²) in [5.41, 5.74) is 0. The van der Waals surface area contributed by atoms with Gasteiger partial charge in [0.1, 0.15) is 0 Å². The number of rotatable bonds is 0. The van der Waals surface area contributed by atoms with Crippen molar-refractivity contribution in [1.29, 1.82) is 0 Å². The second-order valence-electron chi connectivity index (χ2n) is 0. The molecule has 0 aromatic heterocycles. The monoisotopic (exact) mass is 132 g/mol. The minimum absolute atomic E-state index is 0. The van der Waals surface area contributed by atoms with Crippen LogP contribution in [0.3, 0.4) is 0 Å². The van der Waals surface area contributed by atoms with E-state index in [4.69, 9.17) is 0 Å². The van der Waals surface area contributed by atoms with Crippen molar-refractivity contribution in [3.63, 3.8) is 0 Å². The first-order valence-electron chi connectivity index (χ1n) is 0. The molecule has 0 atom stereocenters. The molecule has 0 unspecified atom stereocenters. The molecule has 0 bridgehead atoms. The maximum atomic E-state index is 0. The van der Waals surface area contributed by atoms with Gasteiger partial charge >= 0.3 is 18.9 Å². The molecule has 0 nitrogen and oxygen atoms in total. The molecule has 0 rings (SSSR count). The van der Waals surface area contributed by atoms with Gasteiger partial charge < -0.3 is 0 Å². The van der Waals surface area contributed by atoms with Crippen molar-refractivity contribution in [1.82, 2.24) is 0 Å². The van der Waals surface area contributed by atoms with Crippen LogP contribution in [0.15, 0.2) is 0 Å². The Morgan fingerprint density at radius 3 is 0.750 bits per heavy atom. The molecule has 0 N–H and O–H groups in total. The normalized spacial score (nSPS) is 0. The Labute approximate surface area is 62.6 Å². The molecule has 26 valence electrons. The summed E-state index contributed by atoms with van der Waals surface area (Å²) in [5.74, 6) is 0. The van der Waals surface area contributed by atoms with E-state index in [1.165, 1.54) is 0 Å². The third kappa shape index (κ3) is 9.17. The average molecular weight is 132 g/mol. The van der Waals surface area contributed by atoms with Crippen LogP contribution >= 0.6 is 27.0 Å². The van der Waals surface area contributed by atoms with Gasteiger partial charge in [0.15, 0.2) is 0 Å². The van der Waals surface area contributed by atoms with Crippen molar-refractivity contribution in [3.05, 3.63) is 0 Å². The second kappa shape index (κ2) is 21.3. The molecule has 0 saturated carbocycles. The summed E-state index contributed by atoms with van der Waals surface area (Å²) in [5, 5.41) is 0. The molecule has 0 aliphatic carbocycles. The first-order chi connectivity index (χ1) is 0. The fourth-order valence-corrected chi connectivity index (χ4v) is 0. The first-order valence-corrected chi connectivity index (χ1v) is 0. The van der Waals surface area contributed by atoms with Gasteiger partial charge in [0.05, 0.1) is 0 Å². The molecule has 0 aliphatic rings. The van der Waals surface area contributed by atoms with Crippen LogP contribution < -0.4 is 0 Å². The molecular formula is H5FeLiS2. The van der Waals surface area contributed by atoms with Gasteiger partial charge in [0, 0.05) is 17.1 Å². The topological polar surface area (TPSA) is 0 Å². The van der Waals surface area contributed by atoms with Gasteiger partial charge in [-0.25, -0.2) is 0 Å². The molecule has 0 radical (unpaired) electrons. The second-order valence-corrected chi connectivity index (χ2v) is 0. The van der Waals surface area contributed by atoms with E-state index in [2.05, 4.69) is 0 Å². The van der Waals surface area contributed by atoms with Crippen molar-refractivity contribution in [2.45, 2.75) is 0 Å². The maximum absolute atomic E-state index is 0. The Balaban J connectivity index is 0. The van der Waals surface area contributed by atoms with E-state index in [1.54, 1.807) is 0 Å². The summed E-state index contributed by atoms with van der Waals surface area (Å²) in [6.45, 7) is 0. The van der Waals surface area contributed by atoms with E-state index in [-0.39, 0.29) is 62.9 Å². The van der Waals surface area contributed by atoms with Gasteiger partial charge in [0.25, 0.3) is 0 Å². The Hall–Kier alpha value is 1.82. The van der Waals surface area contributed by atoms with Crippen molar-refractivity contribution in [3.8, 4) is 0 Å². The minimum atomic E-state index is 0. The summed E-state index contributed by atoms with van der Waals surface area (Å²) in [7, 11) is 0. The summed E-state index contributed by atoms with van der Waals surface area (Å²) in [6, 6.07) is 0. The van der Waals surface area contributed by atoms with E-state index in [1.807, 2.05) is 0 Å². The molecule has 0 fully saturated rings. The molecule has 0 saturated heterocycles. The van der Waals surface area contributed by atoms with Crippen LogP contribution in [0.2, 0.25) is 0 Å².